The molecule has 0 bridgehead atoms. The van der Waals surface area contributed by atoms with Gasteiger partial charge in [0, 0.05) is 33.6 Å². The molecule has 0 aromatic heterocycles. The van der Waals surface area contributed by atoms with E-state index in [9.17, 15) is 0 Å². The third kappa shape index (κ3) is 6.77. The molecule has 0 aliphatic rings. The van der Waals surface area contributed by atoms with Crippen molar-refractivity contribution in [1.29, 1.82) is 0 Å². The van der Waals surface area contributed by atoms with E-state index < -0.39 is 17.1 Å². The molecule has 0 aliphatic carbocycles. The molecule has 0 N–H and O–H groups in total. The first-order valence-electron chi connectivity index (χ1n) is 4.74. The third-order valence-electron chi connectivity index (χ3n) is 2.11. The average molecular weight is 271 g/mol. The molecule has 6 heteroatoms. The van der Waals surface area contributed by atoms with Crippen LogP contribution in [0, 0.1) is 0 Å². The van der Waals surface area contributed by atoms with Gasteiger partial charge in [-0.05, 0) is 20.0 Å². The maximum absolute atomic E-state index is 5.72. The van der Waals surface area contributed by atoms with E-state index in [4.69, 9.17) is 17.7 Å². The molecular formula is C10H30O4Si2. The van der Waals surface area contributed by atoms with E-state index in [1.165, 1.54) is 0 Å². The molecule has 0 atom stereocenters. The van der Waals surface area contributed by atoms with Gasteiger partial charge in [0.25, 0.3) is 0 Å². The van der Waals surface area contributed by atoms with Gasteiger partial charge < -0.3 is 17.7 Å². The molecule has 0 radical (unpaired) electrons. The number of rotatable bonds is 7. The Labute approximate surface area is 104 Å². The molecule has 0 aliphatic heterocycles. The second-order valence-electron chi connectivity index (χ2n) is 3.66. The highest BCUT2D eigenvalue weighted by Crippen LogP contribution is 2.22. The average Bonchev–Trinajstić information content (AvgIpc) is 2.14. The summed E-state index contributed by atoms with van der Waals surface area (Å²) in [4.78, 5) is 0. The van der Waals surface area contributed by atoms with Crippen LogP contribution >= 0.6 is 0 Å². The molecule has 102 valence electrons. The van der Waals surface area contributed by atoms with Crippen molar-refractivity contribution in [2.75, 3.05) is 27.9 Å². The van der Waals surface area contributed by atoms with Crippen LogP contribution in [-0.4, -0.2) is 45.1 Å². The van der Waals surface area contributed by atoms with Crippen molar-refractivity contribution in [1.82, 2.24) is 0 Å². The van der Waals surface area contributed by atoms with Crippen LogP contribution < -0.4 is 0 Å². The summed E-state index contributed by atoms with van der Waals surface area (Å²) in [6.45, 7) is 7.04. The van der Waals surface area contributed by atoms with Crippen molar-refractivity contribution in [3.63, 3.8) is 0 Å². The second-order valence-corrected chi connectivity index (χ2v) is 11.5. The standard InChI is InChI=1S/C8H22O4Si2.2CH4/c1-7-12-13(5,6)8-14(9-2,10-3)11-4;;/h7-8H2,1-6H3;2*1H4. The van der Waals surface area contributed by atoms with Crippen LogP contribution in [0.3, 0.4) is 0 Å². The zero-order chi connectivity index (χ0) is 11.2. The fraction of sp³-hybridized carbons (Fsp3) is 1.00. The Morgan fingerprint density at radius 1 is 0.875 bits per heavy atom. The molecule has 0 spiro atoms. The Morgan fingerprint density at radius 2 is 1.25 bits per heavy atom. The minimum absolute atomic E-state index is 0. The molecule has 0 saturated heterocycles. The molecular weight excluding hydrogens is 240 g/mol. The van der Waals surface area contributed by atoms with Crippen LogP contribution in [0.5, 0.6) is 0 Å². The van der Waals surface area contributed by atoms with Crippen molar-refractivity contribution in [3.05, 3.63) is 0 Å². The van der Waals surface area contributed by atoms with Crippen LogP contribution in [0.2, 0.25) is 18.8 Å². The SMILES string of the molecule is C.C.CCO[Si](C)(C)C[Si](OC)(OC)OC. The van der Waals surface area contributed by atoms with Gasteiger partial charge in [-0.15, -0.1) is 0 Å². The van der Waals surface area contributed by atoms with E-state index in [0.29, 0.717) is 0 Å². The first kappa shape index (κ1) is 21.5. The smallest absolute Gasteiger partial charge is 0.418 e. The third-order valence-corrected chi connectivity index (χ3v) is 10.2. The largest absolute Gasteiger partial charge is 0.499 e. The molecule has 0 rings (SSSR count). The molecule has 0 aromatic carbocycles. The highest BCUT2D eigenvalue weighted by molar-refractivity contribution is 6.85. The van der Waals surface area contributed by atoms with E-state index in [2.05, 4.69) is 13.1 Å². The zero-order valence-electron chi connectivity index (χ0n) is 10.0. The summed E-state index contributed by atoms with van der Waals surface area (Å²) in [5.41, 5.74) is 0.789. The lowest BCUT2D eigenvalue weighted by Gasteiger charge is -2.31. The molecule has 0 unspecified atom stereocenters. The quantitative estimate of drug-likeness (QED) is 0.667. The molecule has 16 heavy (non-hydrogen) atoms. The first-order chi connectivity index (χ1) is 6.45. The Kier molecular flexibility index (Phi) is 12.5. The Bertz CT molecular complexity index is 153. The van der Waals surface area contributed by atoms with Crippen molar-refractivity contribution in [2.45, 2.75) is 40.5 Å². The molecule has 0 saturated carbocycles. The van der Waals surface area contributed by atoms with Gasteiger partial charge in [-0.2, -0.15) is 0 Å². The maximum Gasteiger partial charge on any atom is 0.499 e. The van der Waals surface area contributed by atoms with Gasteiger partial charge in [-0.1, -0.05) is 14.9 Å². The van der Waals surface area contributed by atoms with E-state index in [0.717, 1.165) is 12.3 Å². The fourth-order valence-corrected chi connectivity index (χ4v) is 9.02. The van der Waals surface area contributed by atoms with Crippen molar-refractivity contribution < 1.29 is 17.7 Å². The predicted molar refractivity (Wildman–Crippen MR) is 74.2 cm³/mol. The highest BCUT2D eigenvalue weighted by atomic mass is 28.4. The molecule has 0 aromatic rings. The highest BCUT2D eigenvalue weighted by Gasteiger charge is 2.45. The van der Waals surface area contributed by atoms with E-state index in [1.807, 2.05) is 6.92 Å². The van der Waals surface area contributed by atoms with Crippen LogP contribution in [0.15, 0.2) is 0 Å². The fourth-order valence-electron chi connectivity index (χ4n) is 1.43. The molecule has 0 heterocycles. The second kappa shape index (κ2) is 9.32. The van der Waals surface area contributed by atoms with Crippen molar-refractivity contribution in [3.8, 4) is 0 Å². The summed E-state index contributed by atoms with van der Waals surface area (Å²) >= 11 is 0. The van der Waals surface area contributed by atoms with E-state index >= 15 is 0 Å². The first-order valence-corrected chi connectivity index (χ1v) is 9.79. The summed E-state index contributed by atoms with van der Waals surface area (Å²) in [6, 6.07) is 0. The Morgan fingerprint density at radius 3 is 1.50 bits per heavy atom. The van der Waals surface area contributed by atoms with Gasteiger partial charge in [-0.25, -0.2) is 0 Å². The van der Waals surface area contributed by atoms with Gasteiger partial charge in [0.15, 0.2) is 8.32 Å². The summed E-state index contributed by atoms with van der Waals surface area (Å²) in [6.07, 6.45) is 0. The maximum atomic E-state index is 5.72. The van der Waals surface area contributed by atoms with Crippen LogP contribution in [0.25, 0.3) is 0 Å². The number of hydrogen-bond acceptors (Lipinski definition) is 4. The van der Waals surface area contributed by atoms with Gasteiger partial charge >= 0.3 is 8.80 Å². The normalized spacial score (nSPS) is 11.6. The zero-order valence-corrected chi connectivity index (χ0v) is 12.0. The van der Waals surface area contributed by atoms with Gasteiger partial charge in [0.05, 0.1) is 0 Å². The van der Waals surface area contributed by atoms with Gasteiger partial charge in [0.1, 0.15) is 0 Å². The summed E-state index contributed by atoms with van der Waals surface area (Å²) in [7, 11) is 0.735. The van der Waals surface area contributed by atoms with E-state index in [1.54, 1.807) is 21.3 Å². The van der Waals surface area contributed by atoms with Crippen LogP contribution in [-0.2, 0) is 17.7 Å². The summed E-state index contributed by atoms with van der Waals surface area (Å²) < 4.78 is 21.8. The van der Waals surface area contributed by atoms with Crippen LogP contribution in [0.1, 0.15) is 21.8 Å². The van der Waals surface area contributed by atoms with Crippen molar-refractivity contribution in [2.24, 2.45) is 0 Å². The minimum atomic E-state index is -2.45. The van der Waals surface area contributed by atoms with Crippen molar-refractivity contribution >= 4 is 17.1 Å². The molecule has 0 fully saturated rings. The number of hydrogen-bond donors (Lipinski definition) is 0. The lowest BCUT2D eigenvalue weighted by molar-refractivity contribution is 0.126. The molecule has 0 amide bonds. The lowest BCUT2D eigenvalue weighted by Crippen LogP contribution is -2.51. The monoisotopic (exact) mass is 270 g/mol. The summed E-state index contributed by atoms with van der Waals surface area (Å²) in [5.74, 6) is 0. The Balaban J connectivity index is -0.000000845. The van der Waals surface area contributed by atoms with Gasteiger partial charge in [-0.3, -0.25) is 0 Å². The molecule has 4 nitrogen and oxygen atoms in total. The van der Waals surface area contributed by atoms with E-state index in [-0.39, 0.29) is 14.9 Å². The summed E-state index contributed by atoms with van der Waals surface area (Å²) in [5, 5.41) is 0. The lowest BCUT2D eigenvalue weighted by atomic mass is 10.9. The Hall–Kier alpha value is 0.274. The predicted octanol–water partition coefficient (Wildman–Crippen LogP) is 2.92. The topological polar surface area (TPSA) is 36.9 Å². The van der Waals surface area contributed by atoms with Gasteiger partial charge in [0.2, 0.25) is 0 Å². The minimum Gasteiger partial charge on any atom is -0.418 e. The van der Waals surface area contributed by atoms with Crippen LogP contribution in [0.4, 0.5) is 0 Å².